The van der Waals surface area contributed by atoms with E-state index in [1.807, 2.05) is 60.8 Å². The zero-order chi connectivity index (χ0) is 20.2. The summed E-state index contributed by atoms with van der Waals surface area (Å²) in [5, 5.41) is 0. The maximum atomic E-state index is 4.83. The molecule has 5 aromatic rings. The summed E-state index contributed by atoms with van der Waals surface area (Å²) in [4.78, 5) is 18.2. The van der Waals surface area contributed by atoms with Gasteiger partial charge in [-0.3, -0.25) is 15.0 Å². The van der Waals surface area contributed by atoms with Gasteiger partial charge >= 0.3 is 0 Å². The summed E-state index contributed by atoms with van der Waals surface area (Å²) in [6, 6.07) is 30.2. The van der Waals surface area contributed by atoms with E-state index in [9.17, 15) is 0 Å². The second-order valence-corrected chi connectivity index (χ2v) is 6.85. The molecule has 0 N–H and O–H groups in total. The Morgan fingerprint density at radius 2 is 0.833 bits per heavy atom. The molecule has 0 fully saturated rings. The SMILES string of the molecule is c1ccc(-c2ccc(-c3cc(-c4ccccn4)nc(-c4ccccn4)c3)cc2)nc1. The molecule has 4 aromatic heterocycles. The van der Waals surface area contributed by atoms with Gasteiger partial charge in [0.25, 0.3) is 0 Å². The van der Waals surface area contributed by atoms with Crippen LogP contribution in [0, 0.1) is 0 Å². The number of pyridine rings is 4. The third-order valence-corrected chi connectivity index (χ3v) is 4.86. The minimum Gasteiger partial charge on any atom is -0.256 e. The summed E-state index contributed by atoms with van der Waals surface area (Å²) < 4.78 is 0. The molecule has 0 radical (unpaired) electrons. The highest BCUT2D eigenvalue weighted by Crippen LogP contribution is 2.30. The Morgan fingerprint density at radius 1 is 0.367 bits per heavy atom. The Kier molecular flexibility index (Phi) is 4.80. The van der Waals surface area contributed by atoms with Crippen molar-refractivity contribution in [1.82, 2.24) is 19.9 Å². The molecule has 4 nitrogen and oxygen atoms in total. The fourth-order valence-corrected chi connectivity index (χ4v) is 3.36. The van der Waals surface area contributed by atoms with Crippen molar-refractivity contribution in [2.45, 2.75) is 0 Å². The summed E-state index contributed by atoms with van der Waals surface area (Å²) in [6.07, 6.45) is 5.38. The molecule has 4 heterocycles. The van der Waals surface area contributed by atoms with E-state index in [-0.39, 0.29) is 0 Å². The van der Waals surface area contributed by atoms with Crippen LogP contribution in [-0.4, -0.2) is 19.9 Å². The molecule has 4 heteroatoms. The molecular weight excluding hydrogens is 368 g/mol. The first kappa shape index (κ1) is 17.9. The molecule has 30 heavy (non-hydrogen) atoms. The van der Waals surface area contributed by atoms with Crippen LogP contribution in [0.1, 0.15) is 0 Å². The number of nitrogens with zero attached hydrogens (tertiary/aromatic N) is 4. The van der Waals surface area contributed by atoms with Crippen molar-refractivity contribution in [2.75, 3.05) is 0 Å². The van der Waals surface area contributed by atoms with Crippen molar-refractivity contribution in [3.63, 3.8) is 0 Å². The minimum atomic E-state index is 0.822. The van der Waals surface area contributed by atoms with E-state index in [1.165, 1.54) is 0 Å². The lowest BCUT2D eigenvalue weighted by Crippen LogP contribution is -1.94. The van der Waals surface area contributed by atoms with Crippen molar-refractivity contribution in [3.05, 3.63) is 110 Å². The normalized spacial score (nSPS) is 10.7. The largest absolute Gasteiger partial charge is 0.256 e. The fourth-order valence-electron chi connectivity index (χ4n) is 3.36. The Morgan fingerprint density at radius 3 is 1.30 bits per heavy atom. The number of aromatic nitrogens is 4. The number of hydrogen-bond donors (Lipinski definition) is 0. The van der Waals surface area contributed by atoms with E-state index in [4.69, 9.17) is 4.98 Å². The van der Waals surface area contributed by atoms with E-state index >= 15 is 0 Å². The van der Waals surface area contributed by atoms with Gasteiger partial charge in [0.1, 0.15) is 0 Å². The third-order valence-electron chi connectivity index (χ3n) is 4.86. The van der Waals surface area contributed by atoms with Crippen LogP contribution in [0.2, 0.25) is 0 Å². The molecule has 0 bridgehead atoms. The lowest BCUT2D eigenvalue weighted by molar-refractivity contribution is 1.22. The Balaban J connectivity index is 1.60. The highest BCUT2D eigenvalue weighted by molar-refractivity contribution is 5.76. The summed E-state index contributed by atoms with van der Waals surface area (Å²) in [5.74, 6) is 0. The second-order valence-electron chi connectivity index (χ2n) is 6.85. The van der Waals surface area contributed by atoms with Crippen LogP contribution in [-0.2, 0) is 0 Å². The Labute approximate surface area is 175 Å². The van der Waals surface area contributed by atoms with Crippen LogP contribution in [0.25, 0.3) is 45.2 Å². The lowest BCUT2D eigenvalue weighted by Gasteiger charge is -2.10. The smallest absolute Gasteiger partial charge is 0.0900 e. The van der Waals surface area contributed by atoms with Crippen molar-refractivity contribution >= 4 is 0 Å². The first-order valence-corrected chi connectivity index (χ1v) is 9.73. The van der Waals surface area contributed by atoms with Gasteiger partial charge in [-0.15, -0.1) is 0 Å². The van der Waals surface area contributed by atoms with Gasteiger partial charge in [-0.25, -0.2) is 4.98 Å². The van der Waals surface area contributed by atoms with Gasteiger partial charge in [-0.1, -0.05) is 42.5 Å². The fraction of sp³-hybridized carbons (Fsp3) is 0. The van der Waals surface area contributed by atoms with Gasteiger partial charge < -0.3 is 0 Å². The average Bonchev–Trinajstić information content (AvgIpc) is 2.85. The standard InChI is InChI=1S/C26H18N4/c1-4-14-27-22(7-1)20-12-10-19(11-13-20)21-17-25(23-8-2-5-15-28-23)30-26(18-21)24-9-3-6-16-29-24/h1-18H. The van der Waals surface area contributed by atoms with Crippen LogP contribution >= 0.6 is 0 Å². The highest BCUT2D eigenvalue weighted by atomic mass is 14.8. The van der Waals surface area contributed by atoms with Crippen LogP contribution in [0.5, 0.6) is 0 Å². The van der Waals surface area contributed by atoms with Gasteiger partial charge in [0.2, 0.25) is 0 Å². The van der Waals surface area contributed by atoms with E-state index in [1.54, 1.807) is 12.4 Å². The van der Waals surface area contributed by atoms with Gasteiger partial charge in [-0.2, -0.15) is 0 Å². The van der Waals surface area contributed by atoms with Crippen LogP contribution < -0.4 is 0 Å². The molecule has 0 saturated heterocycles. The zero-order valence-electron chi connectivity index (χ0n) is 16.2. The molecular formula is C26H18N4. The summed E-state index contributed by atoms with van der Waals surface area (Å²) in [5.41, 5.74) is 7.53. The van der Waals surface area contributed by atoms with E-state index in [0.717, 1.165) is 45.2 Å². The highest BCUT2D eigenvalue weighted by Gasteiger charge is 2.10. The molecule has 0 aliphatic carbocycles. The quantitative estimate of drug-likeness (QED) is 0.384. The predicted octanol–water partition coefficient (Wildman–Crippen LogP) is 5.93. The predicted molar refractivity (Wildman–Crippen MR) is 119 cm³/mol. The van der Waals surface area contributed by atoms with Gasteiger partial charge in [0.15, 0.2) is 0 Å². The van der Waals surface area contributed by atoms with Gasteiger partial charge in [0.05, 0.1) is 28.5 Å². The minimum absolute atomic E-state index is 0.822. The number of benzene rings is 1. The monoisotopic (exact) mass is 386 g/mol. The Hall–Kier alpha value is -4.18. The molecule has 0 saturated carbocycles. The van der Waals surface area contributed by atoms with E-state index < -0.39 is 0 Å². The van der Waals surface area contributed by atoms with Crippen molar-refractivity contribution in [1.29, 1.82) is 0 Å². The Bertz CT molecular complexity index is 1200. The van der Waals surface area contributed by atoms with Crippen LogP contribution in [0.15, 0.2) is 110 Å². The number of hydrogen-bond acceptors (Lipinski definition) is 4. The molecule has 142 valence electrons. The van der Waals surface area contributed by atoms with Gasteiger partial charge in [-0.05, 0) is 59.7 Å². The summed E-state index contributed by atoms with van der Waals surface area (Å²) >= 11 is 0. The van der Waals surface area contributed by atoms with Gasteiger partial charge in [0, 0.05) is 24.2 Å². The maximum Gasteiger partial charge on any atom is 0.0900 e. The molecule has 0 amide bonds. The van der Waals surface area contributed by atoms with Crippen molar-refractivity contribution in [3.8, 4) is 45.2 Å². The van der Waals surface area contributed by atoms with Crippen LogP contribution in [0.3, 0.4) is 0 Å². The first-order valence-electron chi connectivity index (χ1n) is 9.73. The number of rotatable bonds is 4. The second kappa shape index (κ2) is 8.05. The summed E-state index contributed by atoms with van der Waals surface area (Å²) in [6.45, 7) is 0. The molecule has 0 unspecified atom stereocenters. The maximum absolute atomic E-state index is 4.83. The molecule has 0 aliphatic heterocycles. The topological polar surface area (TPSA) is 51.6 Å². The van der Waals surface area contributed by atoms with Crippen LogP contribution in [0.4, 0.5) is 0 Å². The first-order chi connectivity index (χ1) is 14.9. The molecule has 5 rings (SSSR count). The molecule has 0 atom stereocenters. The molecule has 0 aliphatic rings. The lowest BCUT2D eigenvalue weighted by atomic mass is 10.0. The molecule has 1 aromatic carbocycles. The zero-order valence-corrected chi connectivity index (χ0v) is 16.2. The molecule has 0 spiro atoms. The average molecular weight is 386 g/mol. The third kappa shape index (κ3) is 3.71. The summed E-state index contributed by atoms with van der Waals surface area (Å²) in [7, 11) is 0. The van der Waals surface area contributed by atoms with Crippen molar-refractivity contribution < 1.29 is 0 Å². The van der Waals surface area contributed by atoms with E-state index in [0.29, 0.717) is 0 Å². The van der Waals surface area contributed by atoms with E-state index in [2.05, 4.69) is 51.4 Å². The van der Waals surface area contributed by atoms with Crippen molar-refractivity contribution in [2.24, 2.45) is 0 Å².